The summed E-state index contributed by atoms with van der Waals surface area (Å²) in [7, 11) is -1.16. The Morgan fingerprint density at radius 2 is 2.08 bits per heavy atom. The van der Waals surface area contributed by atoms with Crippen molar-refractivity contribution in [2.45, 2.75) is 88.8 Å². The summed E-state index contributed by atoms with van der Waals surface area (Å²) in [4.78, 5) is 0. The molecule has 5 nitrogen and oxygen atoms in total. The predicted molar refractivity (Wildman–Crippen MR) is 97.2 cm³/mol. The van der Waals surface area contributed by atoms with Crippen molar-refractivity contribution in [3.8, 4) is 0 Å². The second-order valence-electron chi connectivity index (χ2n) is 8.18. The highest BCUT2D eigenvalue weighted by Gasteiger charge is 2.60. The topological polar surface area (TPSA) is 65.0 Å². The number of allylic oxidation sites excluding steroid dienone is 1. The van der Waals surface area contributed by atoms with Crippen LogP contribution in [0.2, 0.25) is 0 Å². The Bertz CT molecular complexity index is 560. The van der Waals surface area contributed by atoms with Gasteiger partial charge in [-0.3, -0.25) is 4.21 Å². The smallest absolute Gasteiger partial charge is 0.229 e. The van der Waals surface area contributed by atoms with E-state index in [-0.39, 0.29) is 17.9 Å². The Morgan fingerprint density at radius 1 is 1.36 bits per heavy atom. The van der Waals surface area contributed by atoms with Crippen LogP contribution in [-0.2, 0) is 25.0 Å². The summed E-state index contributed by atoms with van der Waals surface area (Å²) in [6.45, 7) is 7.95. The van der Waals surface area contributed by atoms with Gasteiger partial charge in [-0.15, -0.1) is 0 Å². The lowest BCUT2D eigenvalue weighted by Crippen LogP contribution is -2.54. The van der Waals surface area contributed by atoms with Crippen molar-refractivity contribution in [1.29, 1.82) is 0 Å². The van der Waals surface area contributed by atoms with Crippen molar-refractivity contribution in [2.24, 2.45) is 11.8 Å². The lowest BCUT2D eigenvalue weighted by molar-refractivity contribution is -0.187. The molecule has 3 rings (SSSR count). The molecule has 2 saturated heterocycles. The van der Waals surface area contributed by atoms with Crippen LogP contribution in [0.5, 0.6) is 0 Å². The summed E-state index contributed by atoms with van der Waals surface area (Å²) < 4.78 is 30.1. The van der Waals surface area contributed by atoms with Crippen molar-refractivity contribution >= 4 is 10.8 Å². The Balaban J connectivity index is 1.85. The molecule has 0 bridgehead atoms. The number of hydrogen-bond acceptors (Lipinski definition) is 5. The Hall–Kier alpha value is -0.430. The monoisotopic (exact) mass is 372 g/mol. The van der Waals surface area contributed by atoms with Crippen LogP contribution in [0.15, 0.2) is 11.8 Å². The van der Waals surface area contributed by atoms with Crippen LogP contribution in [0.1, 0.15) is 59.8 Å². The predicted octanol–water partition coefficient (Wildman–Crippen LogP) is 3.09. The van der Waals surface area contributed by atoms with Gasteiger partial charge in [0, 0.05) is 17.1 Å². The van der Waals surface area contributed by atoms with E-state index in [2.05, 4.69) is 6.92 Å². The summed E-state index contributed by atoms with van der Waals surface area (Å²) in [5, 5.41) is 11.0. The molecule has 2 fully saturated rings. The Morgan fingerprint density at radius 3 is 2.72 bits per heavy atom. The lowest BCUT2D eigenvalue weighted by atomic mass is 9.73. The third-order valence-electron chi connectivity index (χ3n) is 6.01. The largest absolute Gasteiger partial charge is 0.466 e. The first-order valence-corrected chi connectivity index (χ1v) is 11.0. The van der Waals surface area contributed by atoms with E-state index in [4.69, 9.17) is 14.2 Å². The number of rotatable bonds is 6. The molecule has 2 aliphatic heterocycles. The number of hydrogen-bond donors (Lipinski definition) is 1. The molecule has 0 aromatic rings. The number of fused-ring (bicyclic) bond motifs is 3. The van der Waals surface area contributed by atoms with E-state index in [0.29, 0.717) is 12.8 Å². The van der Waals surface area contributed by atoms with Crippen LogP contribution >= 0.6 is 0 Å². The van der Waals surface area contributed by atoms with Crippen LogP contribution in [0, 0.1) is 11.8 Å². The quantitative estimate of drug-likeness (QED) is 0.726. The van der Waals surface area contributed by atoms with Gasteiger partial charge in [-0.05, 0) is 38.7 Å². The number of aliphatic hydroxyl groups is 1. The molecule has 144 valence electrons. The minimum Gasteiger partial charge on any atom is -0.466 e. The molecule has 0 unspecified atom stereocenters. The zero-order chi connectivity index (χ0) is 18.4. The maximum Gasteiger partial charge on any atom is 0.229 e. The van der Waals surface area contributed by atoms with Gasteiger partial charge >= 0.3 is 0 Å². The summed E-state index contributed by atoms with van der Waals surface area (Å²) >= 11 is 0. The van der Waals surface area contributed by atoms with E-state index in [0.717, 1.165) is 25.0 Å². The lowest BCUT2D eigenvalue weighted by Gasteiger charge is -2.45. The zero-order valence-electron chi connectivity index (χ0n) is 16.0. The standard InChI is InChI=1S/C19H32O5S/c1-6-7-8-9-15(20)19(25(5)21)11-13-14(10-12(19)2)22-17-16(13)23-18(3,4)24-17/h10,12-13,15-17,20H,6-9,11H2,1-5H3/t12-,13-,15+,16+,17+,19-,25-/m0/s1. The van der Waals surface area contributed by atoms with Crippen molar-refractivity contribution in [1.82, 2.24) is 0 Å². The highest BCUT2D eigenvalue weighted by atomic mass is 32.2. The average molecular weight is 373 g/mol. The molecule has 0 saturated carbocycles. The molecule has 0 amide bonds. The van der Waals surface area contributed by atoms with Crippen LogP contribution in [0.3, 0.4) is 0 Å². The molecular formula is C19H32O5S. The molecule has 0 aromatic carbocycles. The van der Waals surface area contributed by atoms with Crippen LogP contribution in [0.25, 0.3) is 0 Å². The molecule has 0 aromatic heterocycles. The third kappa shape index (κ3) is 3.31. The molecule has 3 aliphatic rings. The maximum atomic E-state index is 12.8. The van der Waals surface area contributed by atoms with Gasteiger partial charge in [0.25, 0.3) is 0 Å². The van der Waals surface area contributed by atoms with Gasteiger partial charge in [-0.1, -0.05) is 33.1 Å². The molecule has 1 N–H and O–H groups in total. The number of ether oxygens (including phenoxy) is 3. The van der Waals surface area contributed by atoms with Crippen LogP contribution < -0.4 is 0 Å². The fraction of sp³-hybridized carbons (Fsp3) is 0.895. The first-order valence-electron chi connectivity index (χ1n) is 9.47. The SMILES string of the molecule is CCCCC[C@@H](O)[C@]1([S@](C)=O)C[C@H]2C(=C[C@@H]1C)O[C@@H]1OC(C)(C)O[C@@H]12. The van der Waals surface area contributed by atoms with Gasteiger partial charge in [0.1, 0.15) is 11.9 Å². The fourth-order valence-electron chi connectivity index (χ4n) is 4.64. The van der Waals surface area contributed by atoms with Crippen LogP contribution in [-0.4, -0.2) is 44.6 Å². The Kier molecular flexibility index (Phi) is 5.37. The number of unbranched alkanes of at least 4 members (excludes halogenated alkanes) is 2. The minimum atomic E-state index is -1.16. The van der Waals surface area contributed by atoms with Crippen molar-refractivity contribution < 1.29 is 23.5 Å². The van der Waals surface area contributed by atoms with Crippen molar-refractivity contribution in [3.05, 3.63) is 11.8 Å². The molecule has 2 heterocycles. The van der Waals surface area contributed by atoms with E-state index in [1.165, 1.54) is 0 Å². The molecule has 0 radical (unpaired) electrons. The third-order valence-corrected chi connectivity index (χ3v) is 7.89. The van der Waals surface area contributed by atoms with Gasteiger partial charge in [0.05, 0.1) is 16.8 Å². The minimum absolute atomic E-state index is 0.00676. The first-order chi connectivity index (χ1) is 11.7. The Labute approximate surface area is 153 Å². The number of aliphatic hydroxyl groups excluding tert-OH is 1. The molecule has 6 heteroatoms. The molecule has 1 aliphatic carbocycles. The van der Waals surface area contributed by atoms with Crippen molar-refractivity contribution in [3.63, 3.8) is 0 Å². The van der Waals surface area contributed by atoms with Gasteiger partial charge in [-0.25, -0.2) is 0 Å². The maximum absolute atomic E-state index is 12.8. The molecular weight excluding hydrogens is 340 g/mol. The van der Waals surface area contributed by atoms with E-state index in [9.17, 15) is 9.32 Å². The van der Waals surface area contributed by atoms with Crippen LogP contribution in [0.4, 0.5) is 0 Å². The van der Waals surface area contributed by atoms with Crippen molar-refractivity contribution in [2.75, 3.05) is 6.26 Å². The summed E-state index contributed by atoms with van der Waals surface area (Å²) in [6.07, 6.45) is 7.01. The highest BCUT2D eigenvalue weighted by molar-refractivity contribution is 7.85. The molecule has 0 spiro atoms. The molecule has 7 atom stereocenters. The average Bonchev–Trinajstić information content (AvgIpc) is 2.97. The second-order valence-corrected chi connectivity index (χ2v) is 9.84. The van der Waals surface area contributed by atoms with E-state index in [1.807, 2.05) is 26.8 Å². The van der Waals surface area contributed by atoms with Gasteiger partial charge in [0.2, 0.25) is 6.29 Å². The first kappa shape index (κ1) is 19.3. The van der Waals surface area contributed by atoms with Gasteiger partial charge < -0.3 is 19.3 Å². The highest BCUT2D eigenvalue weighted by Crippen LogP contribution is 2.52. The fourth-order valence-corrected chi connectivity index (χ4v) is 6.15. The normalized spacial score (nSPS) is 41.4. The van der Waals surface area contributed by atoms with Gasteiger partial charge in [-0.2, -0.15) is 0 Å². The zero-order valence-corrected chi connectivity index (χ0v) is 16.8. The van der Waals surface area contributed by atoms with E-state index < -0.39 is 33.7 Å². The second kappa shape index (κ2) is 6.95. The molecule has 25 heavy (non-hydrogen) atoms. The summed E-state index contributed by atoms with van der Waals surface area (Å²) in [5.41, 5.74) is 0. The summed E-state index contributed by atoms with van der Waals surface area (Å²) in [5.74, 6) is 0.179. The van der Waals surface area contributed by atoms with Gasteiger partial charge in [0.15, 0.2) is 5.79 Å². The summed E-state index contributed by atoms with van der Waals surface area (Å²) in [6, 6.07) is 0. The van der Waals surface area contributed by atoms with E-state index >= 15 is 0 Å². The van der Waals surface area contributed by atoms with E-state index in [1.54, 1.807) is 6.26 Å².